The molecule has 1 aliphatic rings. The van der Waals surface area contributed by atoms with Crippen molar-refractivity contribution in [3.05, 3.63) is 0 Å². The Morgan fingerprint density at radius 2 is 2.10 bits per heavy atom. The van der Waals surface area contributed by atoms with Crippen LogP contribution in [0.1, 0.15) is 32.6 Å². The standard InChI is InChI=1S/C8H17NS/c1-7(9)6-10-8-4-2-3-5-8/h7-8H,2-6,9H2,1H3/t7-/m0/s1. The lowest BCUT2D eigenvalue weighted by atomic mass is 10.4. The van der Waals surface area contributed by atoms with E-state index >= 15 is 0 Å². The summed E-state index contributed by atoms with van der Waals surface area (Å²) < 4.78 is 0. The summed E-state index contributed by atoms with van der Waals surface area (Å²) in [7, 11) is 0. The van der Waals surface area contributed by atoms with E-state index in [4.69, 9.17) is 5.73 Å². The first-order valence-electron chi connectivity index (χ1n) is 4.16. The Kier molecular flexibility index (Phi) is 3.57. The van der Waals surface area contributed by atoms with Crippen LogP contribution in [0.4, 0.5) is 0 Å². The molecule has 2 heteroatoms. The Hall–Kier alpha value is 0.310. The van der Waals surface area contributed by atoms with Crippen molar-refractivity contribution < 1.29 is 0 Å². The summed E-state index contributed by atoms with van der Waals surface area (Å²) in [5, 5.41) is 0.936. The summed E-state index contributed by atoms with van der Waals surface area (Å²) in [6.07, 6.45) is 5.74. The molecule has 0 saturated heterocycles. The average Bonchev–Trinajstić information content (AvgIpc) is 2.34. The van der Waals surface area contributed by atoms with Gasteiger partial charge in [0.15, 0.2) is 0 Å². The minimum atomic E-state index is 0.380. The normalized spacial score (nSPS) is 23.4. The highest BCUT2D eigenvalue weighted by Crippen LogP contribution is 2.29. The van der Waals surface area contributed by atoms with E-state index < -0.39 is 0 Å². The molecule has 1 atom stereocenters. The Bertz CT molecular complexity index is 87.3. The molecule has 0 spiro atoms. The van der Waals surface area contributed by atoms with Gasteiger partial charge in [-0.2, -0.15) is 11.8 Å². The van der Waals surface area contributed by atoms with Gasteiger partial charge in [-0.05, 0) is 19.8 Å². The zero-order valence-corrected chi connectivity index (χ0v) is 7.49. The predicted molar refractivity (Wildman–Crippen MR) is 48.4 cm³/mol. The van der Waals surface area contributed by atoms with Crippen molar-refractivity contribution in [1.82, 2.24) is 0 Å². The van der Waals surface area contributed by atoms with Crippen LogP contribution in [0.2, 0.25) is 0 Å². The summed E-state index contributed by atoms with van der Waals surface area (Å²) >= 11 is 2.07. The minimum absolute atomic E-state index is 0.380. The second kappa shape index (κ2) is 4.24. The van der Waals surface area contributed by atoms with Gasteiger partial charge in [-0.15, -0.1) is 0 Å². The molecule has 60 valence electrons. The van der Waals surface area contributed by atoms with E-state index in [0.29, 0.717) is 6.04 Å². The Balaban J connectivity index is 2.01. The number of nitrogens with two attached hydrogens (primary N) is 1. The van der Waals surface area contributed by atoms with Gasteiger partial charge in [0.25, 0.3) is 0 Å². The Labute approximate surface area is 67.8 Å². The lowest BCUT2D eigenvalue weighted by Gasteiger charge is -2.09. The van der Waals surface area contributed by atoms with E-state index in [2.05, 4.69) is 18.7 Å². The van der Waals surface area contributed by atoms with Crippen LogP contribution >= 0.6 is 11.8 Å². The van der Waals surface area contributed by atoms with Gasteiger partial charge in [0.1, 0.15) is 0 Å². The molecular weight excluding hydrogens is 142 g/mol. The molecular formula is C8H17NS. The summed E-state index contributed by atoms with van der Waals surface area (Å²) in [4.78, 5) is 0. The van der Waals surface area contributed by atoms with Crippen molar-refractivity contribution >= 4 is 11.8 Å². The van der Waals surface area contributed by atoms with Crippen molar-refractivity contribution in [3.8, 4) is 0 Å². The maximum Gasteiger partial charge on any atom is 0.0102 e. The molecule has 1 rings (SSSR count). The zero-order chi connectivity index (χ0) is 7.40. The van der Waals surface area contributed by atoms with E-state index in [1.165, 1.54) is 25.7 Å². The largest absolute Gasteiger partial charge is 0.327 e. The third-order valence-corrected chi connectivity index (χ3v) is 3.56. The van der Waals surface area contributed by atoms with Crippen LogP contribution in [0, 0.1) is 0 Å². The summed E-state index contributed by atoms with van der Waals surface area (Å²) in [5.74, 6) is 1.14. The molecule has 0 unspecified atom stereocenters. The van der Waals surface area contributed by atoms with Gasteiger partial charge < -0.3 is 5.73 Å². The fraction of sp³-hybridized carbons (Fsp3) is 1.00. The smallest absolute Gasteiger partial charge is 0.0102 e. The van der Waals surface area contributed by atoms with Crippen LogP contribution in [0.15, 0.2) is 0 Å². The average molecular weight is 159 g/mol. The van der Waals surface area contributed by atoms with Crippen LogP contribution in [-0.4, -0.2) is 17.0 Å². The lowest BCUT2D eigenvalue weighted by Crippen LogP contribution is -2.19. The molecule has 10 heavy (non-hydrogen) atoms. The van der Waals surface area contributed by atoms with E-state index in [1.807, 2.05) is 0 Å². The molecule has 0 bridgehead atoms. The van der Waals surface area contributed by atoms with Crippen molar-refractivity contribution in [2.75, 3.05) is 5.75 Å². The molecule has 1 nitrogen and oxygen atoms in total. The molecule has 1 aliphatic carbocycles. The number of thioether (sulfide) groups is 1. The first-order chi connectivity index (χ1) is 4.79. The van der Waals surface area contributed by atoms with Gasteiger partial charge in [0, 0.05) is 17.0 Å². The van der Waals surface area contributed by atoms with Crippen molar-refractivity contribution in [1.29, 1.82) is 0 Å². The zero-order valence-electron chi connectivity index (χ0n) is 6.68. The molecule has 0 aromatic heterocycles. The van der Waals surface area contributed by atoms with Crippen LogP contribution in [0.3, 0.4) is 0 Å². The van der Waals surface area contributed by atoms with Gasteiger partial charge >= 0.3 is 0 Å². The highest BCUT2D eigenvalue weighted by molar-refractivity contribution is 7.99. The first kappa shape index (κ1) is 8.41. The minimum Gasteiger partial charge on any atom is -0.327 e. The SMILES string of the molecule is C[C@H](N)CSC1CCCC1. The Morgan fingerprint density at radius 1 is 1.50 bits per heavy atom. The molecule has 0 aromatic carbocycles. The molecule has 0 aromatic rings. The maximum absolute atomic E-state index is 5.65. The third-order valence-electron chi connectivity index (χ3n) is 1.90. The predicted octanol–water partition coefficient (Wildman–Crippen LogP) is 2.01. The Morgan fingerprint density at radius 3 is 2.60 bits per heavy atom. The van der Waals surface area contributed by atoms with E-state index in [9.17, 15) is 0 Å². The van der Waals surface area contributed by atoms with Gasteiger partial charge in [-0.3, -0.25) is 0 Å². The van der Waals surface area contributed by atoms with E-state index in [1.54, 1.807) is 0 Å². The van der Waals surface area contributed by atoms with E-state index in [0.717, 1.165) is 11.0 Å². The highest BCUT2D eigenvalue weighted by atomic mass is 32.2. The first-order valence-corrected chi connectivity index (χ1v) is 5.21. The number of hydrogen-bond donors (Lipinski definition) is 1. The molecule has 1 saturated carbocycles. The summed E-state index contributed by atoms with van der Waals surface area (Å²) in [5.41, 5.74) is 5.65. The summed E-state index contributed by atoms with van der Waals surface area (Å²) in [6.45, 7) is 2.09. The van der Waals surface area contributed by atoms with E-state index in [-0.39, 0.29) is 0 Å². The van der Waals surface area contributed by atoms with Crippen molar-refractivity contribution in [2.45, 2.75) is 43.9 Å². The molecule has 2 N–H and O–H groups in total. The van der Waals surface area contributed by atoms with Gasteiger partial charge in [0.05, 0.1) is 0 Å². The number of rotatable bonds is 3. The van der Waals surface area contributed by atoms with Crippen molar-refractivity contribution in [3.63, 3.8) is 0 Å². The molecule has 0 aliphatic heterocycles. The van der Waals surface area contributed by atoms with Crippen molar-refractivity contribution in [2.24, 2.45) is 5.73 Å². The fourth-order valence-electron chi connectivity index (χ4n) is 1.34. The van der Waals surface area contributed by atoms with Gasteiger partial charge in [-0.25, -0.2) is 0 Å². The molecule has 0 heterocycles. The topological polar surface area (TPSA) is 26.0 Å². The molecule has 0 amide bonds. The summed E-state index contributed by atoms with van der Waals surface area (Å²) in [6, 6.07) is 0.380. The quantitative estimate of drug-likeness (QED) is 0.681. The van der Waals surface area contributed by atoms with Crippen LogP contribution in [-0.2, 0) is 0 Å². The third kappa shape index (κ3) is 2.93. The highest BCUT2D eigenvalue weighted by Gasteiger charge is 2.14. The van der Waals surface area contributed by atoms with Crippen LogP contribution < -0.4 is 5.73 Å². The molecule has 1 fully saturated rings. The van der Waals surface area contributed by atoms with Crippen LogP contribution in [0.25, 0.3) is 0 Å². The lowest BCUT2D eigenvalue weighted by molar-refractivity contribution is 0.834. The monoisotopic (exact) mass is 159 g/mol. The van der Waals surface area contributed by atoms with Gasteiger partial charge in [0.2, 0.25) is 0 Å². The molecule has 0 radical (unpaired) electrons. The number of hydrogen-bond acceptors (Lipinski definition) is 2. The second-order valence-electron chi connectivity index (χ2n) is 3.22. The second-order valence-corrected chi connectivity index (χ2v) is 4.55. The van der Waals surface area contributed by atoms with Crippen LogP contribution in [0.5, 0.6) is 0 Å². The fourth-order valence-corrected chi connectivity index (χ4v) is 2.59. The van der Waals surface area contributed by atoms with Gasteiger partial charge in [-0.1, -0.05) is 12.8 Å². The maximum atomic E-state index is 5.65.